The second kappa shape index (κ2) is 6.07. The fourth-order valence-corrected chi connectivity index (χ4v) is 8.76. The van der Waals surface area contributed by atoms with E-state index in [1.807, 2.05) is 6.92 Å². The molecule has 3 heterocycles. The van der Waals surface area contributed by atoms with Gasteiger partial charge in [0.05, 0.1) is 40.7 Å². The molecule has 5 rings (SSSR count). The van der Waals surface area contributed by atoms with Crippen molar-refractivity contribution < 1.29 is 19.2 Å². The molecule has 4 bridgehead atoms. The van der Waals surface area contributed by atoms with Gasteiger partial charge in [-0.05, 0) is 6.42 Å². The van der Waals surface area contributed by atoms with Gasteiger partial charge in [-0.15, -0.1) is 23.2 Å². The molecule has 5 nitrogen and oxygen atoms in total. The number of amides is 2. The summed E-state index contributed by atoms with van der Waals surface area (Å²) in [5.74, 6) is -3.47. The van der Waals surface area contributed by atoms with E-state index in [9.17, 15) is 9.59 Å². The first kappa shape index (κ1) is 20.4. The molecule has 8 atom stereocenters. The number of hydrogen-bond donors (Lipinski definition) is 0. The van der Waals surface area contributed by atoms with Crippen molar-refractivity contribution >= 4 is 81.4 Å². The zero-order valence-corrected chi connectivity index (χ0v) is 19.0. The Morgan fingerprint density at radius 2 is 1.43 bits per heavy atom. The predicted molar refractivity (Wildman–Crippen MR) is 106 cm³/mol. The minimum absolute atomic E-state index is 0.0672. The Kier molecular flexibility index (Phi) is 4.43. The number of carbonyl (C=O) groups excluding carboxylic acids is 2. The number of hydrogen-bond acceptors (Lipinski definition) is 4. The molecule has 154 valence electrons. The Balaban J connectivity index is 1.55. The number of halogens is 6. The lowest BCUT2D eigenvalue weighted by molar-refractivity contribution is -0.192. The molecular formula is C17H15Cl6NO4. The van der Waals surface area contributed by atoms with E-state index in [4.69, 9.17) is 79.2 Å². The number of nitrogens with zero attached hydrogens (tertiary/aromatic N) is 1. The lowest BCUT2D eigenvalue weighted by Gasteiger charge is -2.39. The quantitative estimate of drug-likeness (QED) is 0.324. The third-order valence-corrected chi connectivity index (χ3v) is 11.1. The summed E-state index contributed by atoms with van der Waals surface area (Å²) in [6.45, 7) is 2.27. The van der Waals surface area contributed by atoms with Gasteiger partial charge in [0.25, 0.3) is 11.8 Å². The highest BCUT2D eigenvalue weighted by atomic mass is 35.5. The van der Waals surface area contributed by atoms with Crippen LogP contribution in [0.25, 0.3) is 0 Å². The van der Waals surface area contributed by atoms with Gasteiger partial charge < -0.3 is 4.74 Å². The molecule has 0 spiro atoms. The van der Waals surface area contributed by atoms with Crippen molar-refractivity contribution in [2.75, 3.05) is 6.61 Å². The molecule has 11 heteroatoms. The maximum atomic E-state index is 13.0. The number of unbranched alkanes of at least 4 members (excludes halogenated alkanes) is 1. The summed E-state index contributed by atoms with van der Waals surface area (Å²) in [7, 11) is 0. The van der Waals surface area contributed by atoms with Crippen molar-refractivity contribution in [1.82, 2.24) is 5.06 Å². The Bertz CT molecular complexity index is 776. The molecule has 0 aromatic carbocycles. The van der Waals surface area contributed by atoms with Gasteiger partial charge >= 0.3 is 0 Å². The number of imide groups is 1. The van der Waals surface area contributed by atoms with E-state index in [0.717, 1.165) is 17.9 Å². The van der Waals surface area contributed by atoms with Crippen LogP contribution in [0.1, 0.15) is 19.8 Å². The largest absolute Gasteiger partial charge is 0.373 e. The van der Waals surface area contributed by atoms with Gasteiger partial charge in [0.1, 0.15) is 9.75 Å². The second-order valence-electron chi connectivity index (χ2n) is 7.95. The molecule has 5 aliphatic rings. The molecule has 3 saturated heterocycles. The van der Waals surface area contributed by atoms with Gasteiger partial charge in [0, 0.05) is 11.8 Å². The molecule has 2 amide bonds. The number of carbonyl (C=O) groups is 2. The fraction of sp³-hybridized carbons (Fsp3) is 0.765. The summed E-state index contributed by atoms with van der Waals surface area (Å²) in [6.07, 6.45) is 0.197. The van der Waals surface area contributed by atoms with E-state index in [-0.39, 0.29) is 16.7 Å². The van der Waals surface area contributed by atoms with Crippen molar-refractivity contribution in [2.45, 2.75) is 46.1 Å². The van der Waals surface area contributed by atoms with Gasteiger partial charge in [-0.3, -0.25) is 14.4 Å². The Labute approximate surface area is 191 Å². The Morgan fingerprint density at radius 1 is 0.964 bits per heavy atom. The van der Waals surface area contributed by atoms with Crippen LogP contribution < -0.4 is 0 Å². The Morgan fingerprint density at radius 3 is 1.86 bits per heavy atom. The van der Waals surface area contributed by atoms with E-state index >= 15 is 0 Å². The number of allylic oxidation sites excluding steroid dienone is 2. The molecule has 3 aliphatic heterocycles. The lowest BCUT2D eigenvalue weighted by Crippen LogP contribution is -2.50. The number of rotatable bonds is 4. The van der Waals surface area contributed by atoms with Gasteiger partial charge in [-0.25, -0.2) is 0 Å². The number of ether oxygens (including phenoxy) is 1. The maximum absolute atomic E-state index is 13.0. The average molecular weight is 510 g/mol. The van der Waals surface area contributed by atoms with Crippen molar-refractivity contribution in [3.05, 3.63) is 10.1 Å². The molecule has 0 unspecified atom stereocenters. The third-order valence-electron chi connectivity index (χ3n) is 6.86. The molecule has 0 N–H and O–H groups in total. The van der Waals surface area contributed by atoms with E-state index in [1.165, 1.54) is 0 Å². The van der Waals surface area contributed by atoms with Crippen LogP contribution >= 0.6 is 69.6 Å². The summed E-state index contributed by atoms with van der Waals surface area (Å²) in [5.41, 5.74) is 0. The van der Waals surface area contributed by atoms with Gasteiger partial charge in [0.2, 0.25) is 0 Å². The van der Waals surface area contributed by atoms with E-state index in [1.54, 1.807) is 0 Å². The van der Waals surface area contributed by atoms with Crippen molar-refractivity contribution in [2.24, 2.45) is 23.7 Å². The molecule has 1 saturated carbocycles. The van der Waals surface area contributed by atoms with Crippen LogP contribution in [-0.4, -0.2) is 49.8 Å². The predicted octanol–water partition coefficient (Wildman–Crippen LogP) is 4.18. The molecule has 4 fully saturated rings. The lowest BCUT2D eigenvalue weighted by atomic mass is 9.65. The van der Waals surface area contributed by atoms with Crippen LogP contribution in [0, 0.1) is 23.7 Å². The maximum Gasteiger partial charge on any atom is 0.260 e. The molecule has 0 aromatic heterocycles. The minimum Gasteiger partial charge on any atom is -0.373 e. The summed E-state index contributed by atoms with van der Waals surface area (Å²) in [4.78, 5) is 28.3. The van der Waals surface area contributed by atoms with Crippen molar-refractivity contribution in [1.29, 1.82) is 0 Å². The van der Waals surface area contributed by atoms with Gasteiger partial charge in [-0.2, -0.15) is 5.06 Å². The highest BCUT2D eigenvalue weighted by Gasteiger charge is 2.90. The summed E-state index contributed by atoms with van der Waals surface area (Å²) < 4.78 is 4.35. The van der Waals surface area contributed by atoms with Crippen LogP contribution in [-0.2, 0) is 19.2 Å². The molecule has 28 heavy (non-hydrogen) atoms. The molecule has 2 aliphatic carbocycles. The topological polar surface area (TPSA) is 55.8 Å². The second-order valence-corrected chi connectivity index (χ2v) is 11.2. The third kappa shape index (κ3) is 1.90. The average Bonchev–Trinajstić information content (AvgIpc) is 3.34. The van der Waals surface area contributed by atoms with Crippen LogP contribution in [0.15, 0.2) is 10.1 Å². The first-order valence-corrected chi connectivity index (χ1v) is 11.3. The van der Waals surface area contributed by atoms with E-state index in [2.05, 4.69) is 0 Å². The molecule has 0 aromatic rings. The minimum atomic E-state index is -1.71. The summed E-state index contributed by atoms with van der Waals surface area (Å²) >= 11 is 39.9. The zero-order chi connectivity index (χ0) is 20.4. The normalized spacial score (nSPS) is 50.2. The van der Waals surface area contributed by atoms with Crippen molar-refractivity contribution in [3.63, 3.8) is 0 Å². The van der Waals surface area contributed by atoms with Crippen LogP contribution in [0.2, 0.25) is 0 Å². The monoisotopic (exact) mass is 507 g/mol. The van der Waals surface area contributed by atoms with Crippen molar-refractivity contribution in [3.8, 4) is 0 Å². The van der Waals surface area contributed by atoms with E-state index < -0.39 is 61.8 Å². The van der Waals surface area contributed by atoms with Gasteiger partial charge in [-0.1, -0.05) is 59.7 Å². The highest BCUT2D eigenvalue weighted by molar-refractivity contribution is 6.65. The number of hydroxylamine groups is 2. The first-order valence-electron chi connectivity index (χ1n) is 9.04. The highest BCUT2D eigenvalue weighted by Crippen LogP contribution is 2.81. The van der Waals surface area contributed by atoms with Crippen LogP contribution in [0.3, 0.4) is 0 Å². The molecule has 0 radical (unpaired) electrons. The Hall–Kier alpha value is 0.540. The summed E-state index contributed by atoms with van der Waals surface area (Å²) in [5, 5.41) is 0.999. The number of alkyl halides is 4. The van der Waals surface area contributed by atoms with Gasteiger partial charge in [0.15, 0.2) is 4.33 Å². The molecular weight excluding hydrogens is 495 g/mol. The van der Waals surface area contributed by atoms with E-state index in [0.29, 0.717) is 0 Å². The SMILES string of the molecule is CCCCON1C(=O)[C@@H]2[C@H]3O[C@H]([C@@H]2C1=O)[C@@H]1[C@@H]3[C@]2(Cl)C(Cl)=C(Cl)[C@]1(Cl)C2(Cl)Cl. The first-order chi connectivity index (χ1) is 13.1. The zero-order valence-electron chi connectivity index (χ0n) is 14.4. The van der Waals surface area contributed by atoms with Crippen LogP contribution in [0.4, 0.5) is 0 Å². The standard InChI is InChI=1S/C17H15Cl6NO4/c1-2-3-4-27-24-13(25)5-6(14(24)26)10-8-7(9(5)28-10)15(20)11(18)12(19)16(8,21)17(15,22)23/h5-10H,2-4H2,1H3/t5-,6+,7-,8-,9+,10+,15-,16-/m0/s1. The summed E-state index contributed by atoms with van der Waals surface area (Å²) in [6, 6.07) is 0. The number of fused-ring (bicyclic) bond motifs is 12. The van der Waals surface area contributed by atoms with Crippen LogP contribution in [0.5, 0.6) is 0 Å². The fourth-order valence-electron chi connectivity index (χ4n) is 5.70. The smallest absolute Gasteiger partial charge is 0.260 e.